The lowest BCUT2D eigenvalue weighted by molar-refractivity contribution is -0.123. The van der Waals surface area contributed by atoms with Gasteiger partial charge in [-0.25, -0.2) is 0 Å². The number of carbonyl (C=O) groups excluding carboxylic acids is 1. The van der Waals surface area contributed by atoms with Gasteiger partial charge in [-0.1, -0.05) is 64.5 Å². The minimum Gasteiger partial charge on any atom is -0.348 e. The zero-order valence-electron chi connectivity index (χ0n) is 11.9. The van der Waals surface area contributed by atoms with Crippen molar-refractivity contribution in [3.05, 3.63) is 70.2 Å². The number of halogens is 1. The molecule has 1 amide bonds. The minimum absolute atomic E-state index is 0.0881. The van der Waals surface area contributed by atoms with Gasteiger partial charge in [0, 0.05) is 4.47 Å². The number of nitrogens with two attached hydrogens (primary N) is 1. The van der Waals surface area contributed by atoms with Crippen molar-refractivity contribution >= 4 is 21.8 Å². The summed E-state index contributed by atoms with van der Waals surface area (Å²) in [7, 11) is 0. The van der Waals surface area contributed by atoms with Crippen molar-refractivity contribution in [1.29, 1.82) is 0 Å². The fourth-order valence-corrected chi connectivity index (χ4v) is 2.81. The zero-order chi connectivity index (χ0) is 15.2. The lowest BCUT2D eigenvalue weighted by Gasteiger charge is -2.19. The Balaban J connectivity index is 1.96. The van der Waals surface area contributed by atoms with Gasteiger partial charge in [-0.3, -0.25) is 4.79 Å². The van der Waals surface area contributed by atoms with Crippen LogP contribution in [-0.4, -0.2) is 11.9 Å². The van der Waals surface area contributed by atoms with Crippen molar-refractivity contribution in [2.45, 2.75) is 25.4 Å². The molecule has 0 bridgehead atoms. The highest BCUT2D eigenvalue weighted by atomic mass is 79.9. The highest BCUT2D eigenvalue weighted by Gasteiger charge is 2.18. The topological polar surface area (TPSA) is 55.1 Å². The molecule has 21 heavy (non-hydrogen) atoms. The van der Waals surface area contributed by atoms with Crippen LogP contribution in [0.3, 0.4) is 0 Å². The third-order valence-corrected chi connectivity index (χ3v) is 4.09. The number of hydrogen-bond donors (Lipinski definition) is 2. The third-order valence-electron chi connectivity index (χ3n) is 3.37. The summed E-state index contributed by atoms with van der Waals surface area (Å²) in [4.78, 5) is 12.2. The molecule has 4 heteroatoms. The average Bonchev–Trinajstić information content (AvgIpc) is 2.48. The van der Waals surface area contributed by atoms with Crippen LogP contribution in [0.2, 0.25) is 0 Å². The monoisotopic (exact) mass is 346 g/mol. The first kappa shape index (κ1) is 15.7. The maximum absolute atomic E-state index is 12.2. The van der Waals surface area contributed by atoms with E-state index in [4.69, 9.17) is 5.73 Å². The molecule has 0 spiro atoms. The predicted octanol–water partition coefficient (Wildman–Crippen LogP) is 3.20. The zero-order valence-corrected chi connectivity index (χ0v) is 13.5. The first-order valence-corrected chi connectivity index (χ1v) is 7.71. The van der Waals surface area contributed by atoms with Crippen LogP contribution in [0.1, 0.15) is 24.1 Å². The summed E-state index contributed by atoms with van der Waals surface area (Å²) >= 11 is 3.50. The molecule has 0 aliphatic carbocycles. The van der Waals surface area contributed by atoms with Gasteiger partial charge in [-0.2, -0.15) is 0 Å². The summed E-state index contributed by atoms with van der Waals surface area (Å²) in [6, 6.07) is 17.0. The molecule has 0 saturated heterocycles. The number of rotatable bonds is 5. The summed E-state index contributed by atoms with van der Waals surface area (Å²) in [5.74, 6) is -0.137. The molecule has 3 N–H and O–H groups in total. The minimum atomic E-state index is -0.544. The van der Waals surface area contributed by atoms with Crippen LogP contribution >= 0.6 is 15.9 Å². The second kappa shape index (κ2) is 7.38. The van der Waals surface area contributed by atoms with Gasteiger partial charge in [0.05, 0.1) is 12.1 Å². The van der Waals surface area contributed by atoms with Gasteiger partial charge in [-0.05, 0) is 30.5 Å². The summed E-state index contributed by atoms with van der Waals surface area (Å²) in [6.45, 7) is 1.95. The van der Waals surface area contributed by atoms with Crippen molar-refractivity contribution in [3.63, 3.8) is 0 Å². The van der Waals surface area contributed by atoms with Crippen molar-refractivity contribution in [3.8, 4) is 0 Å². The van der Waals surface area contributed by atoms with Gasteiger partial charge < -0.3 is 11.1 Å². The van der Waals surface area contributed by atoms with Crippen LogP contribution < -0.4 is 11.1 Å². The van der Waals surface area contributed by atoms with Crippen molar-refractivity contribution in [2.24, 2.45) is 5.73 Å². The highest BCUT2D eigenvalue weighted by molar-refractivity contribution is 9.10. The molecule has 0 aliphatic rings. The second-order valence-corrected chi connectivity index (χ2v) is 5.90. The molecule has 0 aromatic heterocycles. The third kappa shape index (κ3) is 4.41. The smallest absolute Gasteiger partial charge is 0.237 e. The summed E-state index contributed by atoms with van der Waals surface area (Å²) in [5.41, 5.74) is 8.09. The molecular formula is C17H19BrN2O. The SMILES string of the molecule is CC(NC(=O)[C@@H](N)Cc1ccccc1)c1ccccc1Br. The maximum Gasteiger partial charge on any atom is 0.237 e. The van der Waals surface area contributed by atoms with E-state index in [9.17, 15) is 4.79 Å². The second-order valence-electron chi connectivity index (χ2n) is 5.05. The maximum atomic E-state index is 12.2. The van der Waals surface area contributed by atoms with Crippen LogP contribution in [-0.2, 0) is 11.2 Å². The molecule has 3 nitrogen and oxygen atoms in total. The molecule has 0 radical (unpaired) electrons. The van der Waals surface area contributed by atoms with Gasteiger partial charge in [-0.15, -0.1) is 0 Å². The number of carbonyl (C=O) groups is 1. The van der Waals surface area contributed by atoms with Crippen LogP contribution in [0.4, 0.5) is 0 Å². The molecule has 0 aliphatic heterocycles. The molecule has 0 saturated carbocycles. The van der Waals surface area contributed by atoms with Gasteiger partial charge in [0.2, 0.25) is 5.91 Å². The lowest BCUT2D eigenvalue weighted by Crippen LogP contribution is -2.43. The molecule has 0 heterocycles. The highest BCUT2D eigenvalue weighted by Crippen LogP contribution is 2.22. The summed E-state index contributed by atoms with van der Waals surface area (Å²) in [6.07, 6.45) is 0.537. The fourth-order valence-electron chi connectivity index (χ4n) is 2.19. The van der Waals surface area contributed by atoms with Gasteiger partial charge in [0.1, 0.15) is 0 Å². The van der Waals surface area contributed by atoms with Crippen LogP contribution in [0.15, 0.2) is 59.1 Å². The lowest BCUT2D eigenvalue weighted by atomic mass is 10.0. The number of amides is 1. The Labute approximate surface area is 133 Å². The van der Waals surface area contributed by atoms with Crippen LogP contribution in [0.5, 0.6) is 0 Å². The van der Waals surface area contributed by atoms with E-state index in [0.717, 1.165) is 15.6 Å². The largest absolute Gasteiger partial charge is 0.348 e. The molecule has 2 atom stereocenters. The van der Waals surface area contributed by atoms with Crippen molar-refractivity contribution < 1.29 is 4.79 Å². The molecule has 1 unspecified atom stereocenters. The van der Waals surface area contributed by atoms with Crippen molar-refractivity contribution in [1.82, 2.24) is 5.32 Å². The molecular weight excluding hydrogens is 328 g/mol. The van der Waals surface area contributed by atoms with Gasteiger partial charge >= 0.3 is 0 Å². The molecule has 2 aromatic carbocycles. The Hall–Kier alpha value is -1.65. The van der Waals surface area contributed by atoms with E-state index in [1.807, 2.05) is 61.5 Å². The molecule has 2 rings (SSSR count). The van der Waals surface area contributed by atoms with E-state index >= 15 is 0 Å². The van der Waals surface area contributed by atoms with E-state index in [-0.39, 0.29) is 11.9 Å². The fraction of sp³-hybridized carbons (Fsp3) is 0.235. The first-order valence-electron chi connectivity index (χ1n) is 6.92. The van der Waals surface area contributed by atoms with E-state index in [2.05, 4.69) is 21.2 Å². The number of nitrogens with one attached hydrogen (secondary N) is 1. The quantitative estimate of drug-likeness (QED) is 0.873. The Kier molecular flexibility index (Phi) is 5.53. The molecule has 110 valence electrons. The first-order chi connectivity index (χ1) is 10.1. The Morgan fingerprint density at radius 1 is 1.14 bits per heavy atom. The molecule has 0 fully saturated rings. The van der Waals surface area contributed by atoms with E-state index in [1.165, 1.54) is 0 Å². The van der Waals surface area contributed by atoms with E-state index < -0.39 is 6.04 Å². The Bertz CT molecular complexity index is 601. The normalized spacial score (nSPS) is 13.5. The summed E-state index contributed by atoms with van der Waals surface area (Å²) in [5, 5.41) is 2.96. The van der Waals surface area contributed by atoms with E-state index in [1.54, 1.807) is 0 Å². The number of hydrogen-bond acceptors (Lipinski definition) is 2. The summed E-state index contributed by atoms with van der Waals surface area (Å²) < 4.78 is 0.981. The van der Waals surface area contributed by atoms with Crippen LogP contribution in [0, 0.1) is 0 Å². The van der Waals surface area contributed by atoms with Gasteiger partial charge in [0.15, 0.2) is 0 Å². The van der Waals surface area contributed by atoms with Crippen molar-refractivity contribution in [2.75, 3.05) is 0 Å². The Morgan fingerprint density at radius 3 is 2.43 bits per heavy atom. The predicted molar refractivity (Wildman–Crippen MR) is 88.8 cm³/mol. The van der Waals surface area contributed by atoms with Crippen LogP contribution in [0.25, 0.3) is 0 Å². The van der Waals surface area contributed by atoms with E-state index in [0.29, 0.717) is 6.42 Å². The molecule has 2 aromatic rings. The van der Waals surface area contributed by atoms with Gasteiger partial charge in [0.25, 0.3) is 0 Å². The number of benzene rings is 2. The Morgan fingerprint density at radius 2 is 1.76 bits per heavy atom. The standard InChI is InChI=1S/C17H19BrN2O/c1-12(14-9-5-6-10-15(14)18)20-17(21)16(19)11-13-7-3-2-4-8-13/h2-10,12,16H,11,19H2,1H3,(H,20,21)/t12?,16-/m0/s1. The average molecular weight is 347 g/mol.